The summed E-state index contributed by atoms with van der Waals surface area (Å²) in [6.45, 7) is 7.67. The third-order valence-electron chi connectivity index (χ3n) is 6.56. The van der Waals surface area contributed by atoms with Crippen LogP contribution in [0.3, 0.4) is 0 Å². The molecule has 2 heterocycles. The second-order valence-corrected chi connectivity index (χ2v) is 8.67. The van der Waals surface area contributed by atoms with Crippen LogP contribution in [0.4, 0.5) is 0 Å². The monoisotopic (exact) mass is 422 g/mol. The standard InChI is InChI=1S/C23H34N2O3.ClH/c1-4-27-22-12-17-11-15(2)28-21(17)14-19(22)18-13-20(18)23(26)25-9-6-16(7-10-25)5-8-24-3;/h12,14-16,18,20,24H,4-11,13H2,1-3H3;1H. The van der Waals surface area contributed by atoms with E-state index in [1.807, 2.05) is 14.0 Å². The van der Waals surface area contributed by atoms with Crippen molar-refractivity contribution in [1.82, 2.24) is 10.2 Å². The molecule has 0 spiro atoms. The van der Waals surface area contributed by atoms with Gasteiger partial charge in [0.15, 0.2) is 0 Å². The predicted molar refractivity (Wildman–Crippen MR) is 117 cm³/mol. The Morgan fingerprint density at radius 1 is 1.31 bits per heavy atom. The Hall–Kier alpha value is -1.46. The van der Waals surface area contributed by atoms with Crippen LogP contribution in [0.5, 0.6) is 11.5 Å². The van der Waals surface area contributed by atoms with Crippen LogP contribution in [0.25, 0.3) is 0 Å². The summed E-state index contributed by atoms with van der Waals surface area (Å²) in [7, 11) is 2.01. The van der Waals surface area contributed by atoms with Crippen molar-refractivity contribution in [3.8, 4) is 11.5 Å². The van der Waals surface area contributed by atoms with Crippen molar-refractivity contribution < 1.29 is 14.3 Å². The van der Waals surface area contributed by atoms with Gasteiger partial charge in [0.1, 0.15) is 17.6 Å². The molecule has 3 unspecified atom stereocenters. The molecule has 1 saturated heterocycles. The smallest absolute Gasteiger partial charge is 0.226 e. The van der Waals surface area contributed by atoms with Gasteiger partial charge >= 0.3 is 0 Å². The van der Waals surface area contributed by atoms with Gasteiger partial charge in [-0.2, -0.15) is 0 Å². The number of rotatable bonds is 7. The fraction of sp³-hybridized carbons (Fsp3) is 0.696. The molecule has 1 saturated carbocycles. The van der Waals surface area contributed by atoms with Gasteiger partial charge in [-0.15, -0.1) is 12.4 Å². The molecule has 1 aliphatic carbocycles. The van der Waals surface area contributed by atoms with E-state index in [-0.39, 0.29) is 30.3 Å². The first-order chi connectivity index (χ1) is 13.6. The van der Waals surface area contributed by atoms with Crippen molar-refractivity contribution in [3.63, 3.8) is 0 Å². The minimum Gasteiger partial charge on any atom is -0.494 e. The summed E-state index contributed by atoms with van der Waals surface area (Å²) >= 11 is 0. The van der Waals surface area contributed by atoms with E-state index >= 15 is 0 Å². The zero-order valence-corrected chi connectivity index (χ0v) is 18.7. The van der Waals surface area contributed by atoms with Crippen LogP contribution in [0.1, 0.15) is 56.6 Å². The fourth-order valence-electron chi connectivity index (χ4n) is 4.86. The summed E-state index contributed by atoms with van der Waals surface area (Å²) in [5.41, 5.74) is 2.39. The number of benzene rings is 1. The van der Waals surface area contributed by atoms with Crippen molar-refractivity contribution in [2.24, 2.45) is 11.8 Å². The molecule has 3 atom stereocenters. The highest BCUT2D eigenvalue weighted by atomic mass is 35.5. The second-order valence-electron chi connectivity index (χ2n) is 8.67. The molecule has 162 valence electrons. The van der Waals surface area contributed by atoms with Crippen molar-refractivity contribution >= 4 is 18.3 Å². The van der Waals surface area contributed by atoms with E-state index in [1.54, 1.807) is 0 Å². The SMILES string of the molecule is CCOc1cc2c(cc1C1CC1C(=O)N1CCC(CCNC)CC1)OC(C)C2.Cl. The maximum Gasteiger partial charge on any atom is 0.226 e. The number of nitrogens with one attached hydrogen (secondary N) is 1. The van der Waals surface area contributed by atoms with Crippen LogP contribution in [0, 0.1) is 11.8 Å². The number of ether oxygens (including phenoxy) is 2. The lowest BCUT2D eigenvalue weighted by Gasteiger charge is -2.32. The number of hydrogen-bond acceptors (Lipinski definition) is 4. The van der Waals surface area contributed by atoms with Gasteiger partial charge in [0, 0.05) is 42.5 Å². The van der Waals surface area contributed by atoms with Crippen LogP contribution in [0.15, 0.2) is 12.1 Å². The van der Waals surface area contributed by atoms with Gasteiger partial charge in [-0.25, -0.2) is 0 Å². The first-order valence-corrected chi connectivity index (χ1v) is 11.0. The van der Waals surface area contributed by atoms with Crippen molar-refractivity contribution in [2.75, 3.05) is 33.3 Å². The molecule has 4 rings (SSSR count). The van der Waals surface area contributed by atoms with E-state index in [1.165, 1.54) is 12.0 Å². The normalized spacial score (nSPS) is 25.8. The molecule has 29 heavy (non-hydrogen) atoms. The number of piperidine rings is 1. The third kappa shape index (κ3) is 4.83. The number of amides is 1. The molecule has 1 amide bonds. The van der Waals surface area contributed by atoms with Crippen molar-refractivity contribution in [2.45, 2.75) is 58.0 Å². The van der Waals surface area contributed by atoms with Crippen LogP contribution < -0.4 is 14.8 Å². The Kier molecular flexibility index (Phi) is 7.33. The highest BCUT2D eigenvalue weighted by molar-refractivity contribution is 5.85. The molecule has 3 aliphatic rings. The van der Waals surface area contributed by atoms with Crippen molar-refractivity contribution in [1.29, 1.82) is 0 Å². The molecule has 2 fully saturated rings. The Labute approximate surface area is 180 Å². The average Bonchev–Trinajstić information content (AvgIpc) is 3.40. The highest BCUT2D eigenvalue weighted by Gasteiger charge is 2.48. The second kappa shape index (κ2) is 9.57. The number of nitrogens with zero attached hydrogens (tertiary/aromatic N) is 1. The van der Waals surface area contributed by atoms with E-state index in [0.29, 0.717) is 12.5 Å². The molecule has 1 aromatic carbocycles. The Morgan fingerprint density at radius 3 is 2.76 bits per heavy atom. The number of carbonyl (C=O) groups excluding carboxylic acids is 1. The summed E-state index contributed by atoms with van der Waals surface area (Å²) in [5, 5.41) is 3.23. The van der Waals surface area contributed by atoms with E-state index in [0.717, 1.165) is 68.3 Å². The minimum atomic E-state index is 0. The largest absolute Gasteiger partial charge is 0.494 e. The number of fused-ring (bicyclic) bond motifs is 1. The average molecular weight is 423 g/mol. The first-order valence-electron chi connectivity index (χ1n) is 11.0. The fourth-order valence-corrected chi connectivity index (χ4v) is 4.86. The number of carbonyl (C=O) groups is 1. The molecular weight excluding hydrogens is 388 g/mol. The number of likely N-dealkylation sites (tertiary alicyclic amines) is 1. The molecule has 1 aromatic rings. The quantitative estimate of drug-likeness (QED) is 0.726. The highest BCUT2D eigenvalue weighted by Crippen LogP contribution is 2.53. The molecule has 5 nitrogen and oxygen atoms in total. The van der Waals surface area contributed by atoms with Gasteiger partial charge in [-0.3, -0.25) is 4.79 Å². The Balaban J connectivity index is 0.00000240. The van der Waals surface area contributed by atoms with Gasteiger partial charge in [0.2, 0.25) is 5.91 Å². The summed E-state index contributed by atoms with van der Waals surface area (Å²) < 4.78 is 11.9. The summed E-state index contributed by atoms with van der Waals surface area (Å²) in [6.07, 6.45) is 5.59. The third-order valence-corrected chi connectivity index (χ3v) is 6.56. The molecular formula is C23H35ClN2O3. The lowest BCUT2D eigenvalue weighted by molar-refractivity contribution is -0.134. The van der Waals surface area contributed by atoms with Crippen LogP contribution in [0.2, 0.25) is 0 Å². The molecule has 1 N–H and O–H groups in total. The molecule has 2 aliphatic heterocycles. The zero-order chi connectivity index (χ0) is 19.7. The van der Waals surface area contributed by atoms with Gasteiger partial charge in [0.25, 0.3) is 0 Å². The maximum absolute atomic E-state index is 13.1. The summed E-state index contributed by atoms with van der Waals surface area (Å²) in [6, 6.07) is 4.29. The van der Waals surface area contributed by atoms with Crippen LogP contribution in [-0.2, 0) is 11.2 Å². The molecule has 6 heteroatoms. The number of hydrogen-bond donors (Lipinski definition) is 1. The van der Waals surface area contributed by atoms with Gasteiger partial charge in [0.05, 0.1) is 6.61 Å². The van der Waals surface area contributed by atoms with Gasteiger partial charge < -0.3 is 19.7 Å². The van der Waals surface area contributed by atoms with Gasteiger partial charge in [-0.05, 0) is 71.2 Å². The van der Waals surface area contributed by atoms with Crippen molar-refractivity contribution in [3.05, 3.63) is 23.3 Å². The lowest BCUT2D eigenvalue weighted by Crippen LogP contribution is -2.40. The summed E-state index contributed by atoms with van der Waals surface area (Å²) in [4.78, 5) is 15.2. The molecule has 0 aromatic heterocycles. The van der Waals surface area contributed by atoms with Crippen LogP contribution >= 0.6 is 12.4 Å². The molecule has 0 radical (unpaired) electrons. The Morgan fingerprint density at radius 2 is 2.07 bits per heavy atom. The maximum atomic E-state index is 13.1. The minimum absolute atomic E-state index is 0. The van der Waals surface area contributed by atoms with E-state index in [2.05, 4.69) is 29.3 Å². The first kappa shape index (κ1) is 22.2. The topological polar surface area (TPSA) is 50.8 Å². The van der Waals surface area contributed by atoms with E-state index in [4.69, 9.17) is 9.47 Å². The predicted octanol–water partition coefficient (Wildman–Crippen LogP) is 3.78. The Bertz CT molecular complexity index is 718. The van der Waals surface area contributed by atoms with E-state index in [9.17, 15) is 4.79 Å². The summed E-state index contributed by atoms with van der Waals surface area (Å²) in [5.74, 6) is 3.42. The molecule has 0 bridgehead atoms. The van der Waals surface area contributed by atoms with E-state index < -0.39 is 0 Å². The zero-order valence-electron chi connectivity index (χ0n) is 17.9. The lowest BCUT2D eigenvalue weighted by atomic mass is 9.93. The van der Waals surface area contributed by atoms with Gasteiger partial charge in [-0.1, -0.05) is 0 Å². The number of halogens is 1. The van der Waals surface area contributed by atoms with Crippen LogP contribution in [-0.4, -0.2) is 50.2 Å².